The van der Waals surface area contributed by atoms with Crippen LogP contribution < -0.4 is 10.5 Å². The summed E-state index contributed by atoms with van der Waals surface area (Å²) in [7, 11) is 0. The number of hydrogen-bond donors (Lipinski definition) is 2. The lowest BCUT2D eigenvalue weighted by Crippen LogP contribution is -2.13. The SMILES string of the molecule is CCOc1cccc(C(N)c2ncn[nH]2)c1. The van der Waals surface area contributed by atoms with E-state index in [0.717, 1.165) is 11.3 Å². The molecule has 0 aliphatic heterocycles. The van der Waals surface area contributed by atoms with Crippen LogP contribution in [0, 0.1) is 0 Å². The van der Waals surface area contributed by atoms with Crippen LogP contribution in [0.2, 0.25) is 0 Å². The summed E-state index contributed by atoms with van der Waals surface area (Å²) in [5.41, 5.74) is 6.98. The van der Waals surface area contributed by atoms with Crippen LogP contribution in [0.3, 0.4) is 0 Å². The number of ether oxygens (including phenoxy) is 1. The van der Waals surface area contributed by atoms with Crippen LogP contribution in [-0.4, -0.2) is 21.8 Å². The van der Waals surface area contributed by atoms with Crippen molar-refractivity contribution >= 4 is 0 Å². The van der Waals surface area contributed by atoms with Gasteiger partial charge in [-0.3, -0.25) is 5.10 Å². The quantitative estimate of drug-likeness (QED) is 0.809. The minimum Gasteiger partial charge on any atom is -0.494 e. The van der Waals surface area contributed by atoms with Gasteiger partial charge in [-0.25, -0.2) is 4.98 Å². The van der Waals surface area contributed by atoms with Crippen LogP contribution in [0.4, 0.5) is 0 Å². The largest absolute Gasteiger partial charge is 0.494 e. The molecule has 0 amide bonds. The molecule has 0 fully saturated rings. The first-order valence-electron chi connectivity index (χ1n) is 5.15. The van der Waals surface area contributed by atoms with E-state index in [-0.39, 0.29) is 6.04 Å². The summed E-state index contributed by atoms with van der Waals surface area (Å²) < 4.78 is 5.41. The number of nitrogens with zero attached hydrogens (tertiary/aromatic N) is 2. The fourth-order valence-corrected chi connectivity index (χ4v) is 1.49. The fourth-order valence-electron chi connectivity index (χ4n) is 1.49. The smallest absolute Gasteiger partial charge is 0.145 e. The Balaban J connectivity index is 2.23. The molecule has 1 aromatic carbocycles. The lowest BCUT2D eigenvalue weighted by atomic mass is 10.1. The van der Waals surface area contributed by atoms with Gasteiger partial charge in [0.05, 0.1) is 12.6 Å². The van der Waals surface area contributed by atoms with Gasteiger partial charge in [-0.1, -0.05) is 12.1 Å². The molecule has 1 heterocycles. The lowest BCUT2D eigenvalue weighted by Gasteiger charge is -2.10. The number of nitrogens with one attached hydrogen (secondary N) is 1. The predicted molar refractivity (Wildman–Crippen MR) is 60.0 cm³/mol. The summed E-state index contributed by atoms with van der Waals surface area (Å²) in [5, 5.41) is 6.54. The van der Waals surface area contributed by atoms with Gasteiger partial charge in [-0.2, -0.15) is 5.10 Å². The maximum Gasteiger partial charge on any atom is 0.145 e. The van der Waals surface area contributed by atoms with Crippen molar-refractivity contribution in [1.29, 1.82) is 0 Å². The van der Waals surface area contributed by atoms with Crippen LogP contribution >= 0.6 is 0 Å². The highest BCUT2D eigenvalue weighted by atomic mass is 16.5. The number of H-pyrrole nitrogens is 1. The second kappa shape index (κ2) is 4.76. The van der Waals surface area contributed by atoms with Gasteiger partial charge >= 0.3 is 0 Å². The molecule has 0 aliphatic carbocycles. The zero-order chi connectivity index (χ0) is 11.4. The van der Waals surface area contributed by atoms with E-state index in [1.54, 1.807) is 0 Å². The highest BCUT2D eigenvalue weighted by Crippen LogP contribution is 2.20. The molecule has 0 radical (unpaired) electrons. The highest BCUT2D eigenvalue weighted by molar-refractivity contribution is 5.32. The Morgan fingerprint density at radius 3 is 3.06 bits per heavy atom. The number of rotatable bonds is 4. The highest BCUT2D eigenvalue weighted by Gasteiger charge is 2.11. The van der Waals surface area contributed by atoms with E-state index in [1.165, 1.54) is 6.33 Å². The van der Waals surface area contributed by atoms with Crippen molar-refractivity contribution in [1.82, 2.24) is 15.2 Å². The van der Waals surface area contributed by atoms with Crippen molar-refractivity contribution in [2.24, 2.45) is 5.73 Å². The number of aromatic amines is 1. The predicted octanol–water partition coefficient (Wildman–Crippen LogP) is 1.25. The van der Waals surface area contributed by atoms with E-state index in [2.05, 4.69) is 15.2 Å². The Kier molecular flexibility index (Phi) is 3.16. The summed E-state index contributed by atoms with van der Waals surface area (Å²) in [5.74, 6) is 1.46. The summed E-state index contributed by atoms with van der Waals surface area (Å²) in [6, 6.07) is 7.37. The summed E-state index contributed by atoms with van der Waals surface area (Å²) in [4.78, 5) is 4.04. The molecular weight excluding hydrogens is 204 g/mol. The van der Waals surface area contributed by atoms with Gasteiger partial charge in [0.2, 0.25) is 0 Å². The standard InChI is InChI=1S/C11H14N4O/c1-2-16-9-5-3-4-8(6-9)10(12)11-13-7-14-15-11/h3-7,10H,2,12H2,1H3,(H,13,14,15). The molecule has 0 saturated heterocycles. The molecule has 1 unspecified atom stereocenters. The van der Waals surface area contributed by atoms with E-state index < -0.39 is 0 Å². The first-order valence-corrected chi connectivity index (χ1v) is 5.15. The van der Waals surface area contributed by atoms with Crippen LogP contribution in [0.25, 0.3) is 0 Å². The zero-order valence-corrected chi connectivity index (χ0v) is 9.05. The van der Waals surface area contributed by atoms with Gasteiger partial charge in [0.1, 0.15) is 17.9 Å². The molecule has 2 aromatic rings. The average Bonchev–Trinajstić information content (AvgIpc) is 2.82. The summed E-state index contributed by atoms with van der Waals surface area (Å²) in [6.07, 6.45) is 1.45. The van der Waals surface area contributed by atoms with Crippen LogP contribution in [-0.2, 0) is 0 Å². The maximum atomic E-state index is 6.04. The third kappa shape index (κ3) is 2.20. The number of hydrogen-bond acceptors (Lipinski definition) is 4. The molecule has 16 heavy (non-hydrogen) atoms. The third-order valence-corrected chi connectivity index (χ3v) is 2.26. The first kappa shape index (κ1) is 10.6. The summed E-state index contributed by atoms with van der Waals surface area (Å²) in [6.45, 7) is 2.59. The molecule has 5 nitrogen and oxygen atoms in total. The Morgan fingerprint density at radius 2 is 2.38 bits per heavy atom. The molecule has 5 heteroatoms. The topological polar surface area (TPSA) is 76.8 Å². The molecule has 3 N–H and O–H groups in total. The lowest BCUT2D eigenvalue weighted by molar-refractivity contribution is 0.340. The Bertz CT molecular complexity index is 441. The van der Waals surface area contributed by atoms with Crippen molar-refractivity contribution in [3.8, 4) is 5.75 Å². The Labute approximate surface area is 93.7 Å². The van der Waals surface area contributed by atoms with Gasteiger partial charge in [0, 0.05) is 0 Å². The van der Waals surface area contributed by atoms with Gasteiger partial charge in [-0.15, -0.1) is 0 Å². The molecule has 0 saturated carbocycles. The number of nitrogens with two attached hydrogens (primary N) is 1. The van der Waals surface area contributed by atoms with Crippen molar-refractivity contribution in [3.63, 3.8) is 0 Å². The number of benzene rings is 1. The zero-order valence-electron chi connectivity index (χ0n) is 9.05. The molecule has 1 atom stereocenters. The second-order valence-electron chi connectivity index (χ2n) is 3.35. The average molecular weight is 218 g/mol. The van der Waals surface area contributed by atoms with Crippen LogP contribution in [0.15, 0.2) is 30.6 Å². The third-order valence-electron chi connectivity index (χ3n) is 2.26. The maximum absolute atomic E-state index is 6.04. The van der Waals surface area contributed by atoms with E-state index in [4.69, 9.17) is 10.5 Å². The molecule has 0 bridgehead atoms. The number of aromatic nitrogens is 3. The first-order chi connectivity index (χ1) is 7.81. The van der Waals surface area contributed by atoms with Crippen LogP contribution in [0.1, 0.15) is 24.4 Å². The van der Waals surface area contributed by atoms with Gasteiger partial charge < -0.3 is 10.5 Å². The fraction of sp³-hybridized carbons (Fsp3) is 0.273. The molecule has 0 spiro atoms. The normalized spacial score (nSPS) is 12.4. The van der Waals surface area contributed by atoms with Crippen molar-refractivity contribution in [2.45, 2.75) is 13.0 Å². The van der Waals surface area contributed by atoms with Crippen molar-refractivity contribution < 1.29 is 4.74 Å². The minimum atomic E-state index is -0.303. The molecule has 84 valence electrons. The minimum absolute atomic E-state index is 0.303. The van der Waals surface area contributed by atoms with Crippen molar-refractivity contribution in [3.05, 3.63) is 42.0 Å². The Hall–Kier alpha value is -1.88. The summed E-state index contributed by atoms with van der Waals surface area (Å²) >= 11 is 0. The Morgan fingerprint density at radius 1 is 1.50 bits per heavy atom. The van der Waals surface area contributed by atoms with Crippen LogP contribution in [0.5, 0.6) is 5.75 Å². The van der Waals surface area contributed by atoms with E-state index in [0.29, 0.717) is 12.4 Å². The van der Waals surface area contributed by atoms with E-state index in [9.17, 15) is 0 Å². The molecule has 0 aliphatic rings. The molecule has 1 aromatic heterocycles. The van der Waals surface area contributed by atoms with Gasteiger partial charge in [0.25, 0.3) is 0 Å². The monoisotopic (exact) mass is 218 g/mol. The van der Waals surface area contributed by atoms with Gasteiger partial charge in [-0.05, 0) is 24.6 Å². The van der Waals surface area contributed by atoms with E-state index >= 15 is 0 Å². The van der Waals surface area contributed by atoms with Gasteiger partial charge in [0.15, 0.2) is 0 Å². The molecular formula is C11H14N4O. The molecule has 2 rings (SSSR count). The second-order valence-corrected chi connectivity index (χ2v) is 3.35. The van der Waals surface area contributed by atoms with Crippen molar-refractivity contribution in [2.75, 3.05) is 6.61 Å². The van der Waals surface area contributed by atoms with E-state index in [1.807, 2.05) is 31.2 Å².